The monoisotopic (exact) mass is 123 g/mol. The number of benzene rings is 1. The van der Waals surface area contributed by atoms with E-state index in [4.69, 9.17) is 5.73 Å². The molecule has 0 bridgehead atoms. The molecule has 42 valence electrons. The topological polar surface area (TPSA) is 26.0 Å². The number of nitrogens with two attached hydrogens (primary N) is 1. The SMILES string of the molecule is Nc1cccc([SiH3])c1. The molecular weight excluding hydrogens is 114 g/mol. The van der Waals surface area contributed by atoms with Crippen molar-refractivity contribution >= 4 is 21.1 Å². The molecule has 0 heterocycles. The van der Waals surface area contributed by atoms with Gasteiger partial charge in [-0.1, -0.05) is 17.3 Å². The Bertz CT molecular complexity index is 168. The smallest absolute Gasteiger partial charge is 0.0385 e. The third-order valence-corrected chi connectivity index (χ3v) is 1.66. The van der Waals surface area contributed by atoms with Gasteiger partial charge < -0.3 is 5.73 Å². The van der Waals surface area contributed by atoms with Crippen molar-refractivity contribution in [3.05, 3.63) is 24.3 Å². The van der Waals surface area contributed by atoms with E-state index in [0.29, 0.717) is 0 Å². The van der Waals surface area contributed by atoms with Gasteiger partial charge in [0.2, 0.25) is 0 Å². The second kappa shape index (κ2) is 2.00. The summed E-state index contributed by atoms with van der Waals surface area (Å²) in [4.78, 5) is 0. The van der Waals surface area contributed by atoms with E-state index in [0.717, 1.165) is 15.9 Å². The predicted octanol–water partition coefficient (Wildman–Crippen LogP) is -0.740. The molecule has 2 heteroatoms. The molecule has 0 spiro atoms. The van der Waals surface area contributed by atoms with E-state index in [1.54, 1.807) is 0 Å². The van der Waals surface area contributed by atoms with E-state index in [1.807, 2.05) is 18.2 Å². The zero-order valence-electron chi connectivity index (χ0n) is 4.89. The molecular formula is C6H9NSi. The molecule has 0 aliphatic rings. The van der Waals surface area contributed by atoms with E-state index in [1.165, 1.54) is 5.19 Å². The fourth-order valence-corrected chi connectivity index (χ4v) is 1.20. The molecule has 0 radical (unpaired) electrons. The Morgan fingerprint density at radius 1 is 1.38 bits per heavy atom. The van der Waals surface area contributed by atoms with Crippen LogP contribution in [0.4, 0.5) is 5.69 Å². The lowest BCUT2D eigenvalue weighted by atomic mass is 10.3. The van der Waals surface area contributed by atoms with Crippen LogP contribution in [0.3, 0.4) is 0 Å². The zero-order chi connectivity index (χ0) is 5.98. The van der Waals surface area contributed by atoms with Gasteiger partial charge in [-0.2, -0.15) is 0 Å². The standard InChI is InChI=1S/C6H9NSi/c7-5-2-1-3-6(8)4-5/h1-4H,7H2,8H3. The van der Waals surface area contributed by atoms with Crippen LogP contribution in [0.5, 0.6) is 0 Å². The molecule has 2 N–H and O–H groups in total. The molecule has 1 aromatic rings. The van der Waals surface area contributed by atoms with Gasteiger partial charge in [0.15, 0.2) is 0 Å². The molecule has 0 atom stereocenters. The van der Waals surface area contributed by atoms with Crippen LogP contribution >= 0.6 is 0 Å². The van der Waals surface area contributed by atoms with Gasteiger partial charge in [-0.05, 0) is 12.1 Å². The lowest BCUT2D eigenvalue weighted by Crippen LogP contribution is -2.01. The Morgan fingerprint density at radius 2 is 2.12 bits per heavy atom. The van der Waals surface area contributed by atoms with Crippen molar-refractivity contribution in [3.8, 4) is 0 Å². The van der Waals surface area contributed by atoms with Gasteiger partial charge in [0.25, 0.3) is 0 Å². The summed E-state index contributed by atoms with van der Waals surface area (Å²) >= 11 is 0. The Kier molecular flexibility index (Phi) is 1.35. The molecule has 1 aromatic carbocycles. The first-order valence-corrected chi connectivity index (χ1v) is 3.61. The van der Waals surface area contributed by atoms with Gasteiger partial charge in [0, 0.05) is 15.9 Å². The van der Waals surface area contributed by atoms with Crippen LogP contribution in [0.2, 0.25) is 0 Å². The van der Waals surface area contributed by atoms with Crippen molar-refractivity contribution in [2.75, 3.05) is 5.73 Å². The molecule has 8 heavy (non-hydrogen) atoms. The van der Waals surface area contributed by atoms with Gasteiger partial charge in [-0.15, -0.1) is 0 Å². The number of hydrogen-bond donors (Lipinski definition) is 1. The zero-order valence-corrected chi connectivity index (χ0v) is 6.89. The number of anilines is 1. The van der Waals surface area contributed by atoms with Crippen LogP contribution in [-0.4, -0.2) is 10.2 Å². The van der Waals surface area contributed by atoms with Crippen LogP contribution in [0, 0.1) is 0 Å². The maximum absolute atomic E-state index is 5.48. The normalized spacial score (nSPS) is 9.50. The summed E-state index contributed by atoms with van der Waals surface area (Å²) in [5.41, 5.74) is 6.35. The highest BCUT2D eigenvalue weighted by Gasteiger charge is 1.81. The van der Waals surface area contributed by atoms with Crippen LogP contribution < -0.4 is 10.9 Å². The average Bonchev–Trinajstić information content (AvgIpc) is 1.64. The fraction of sp³-hybridized carbons (Fsp3) is 0. The van der Waals surface area contributed by atoms with Crippen molar-refractivity contribution in [2.24, 2.45) is 0 Å². The highest BCUT2D eigenvalue weighted by atomic mass is 28.1. The van der Waals surface area contributed by atoms with E-state index < -0.39 is 0 Å². The first-order valence-electron chi connectivity index (χ1n) is 2.61. The Morgan fingerprint density at radius 3 is 2.50 bits per heavy atom. The molecule has 0 amide bonds. The highest BCUT2D eigenvalue weighted by molar-refractivity contribution is 6.32. The summed E-state index contributed by atoms with van der Waals surface area (Å²) in [7, 11) is 1.09. The van der Waals surface area contributed by atoms with Crippen molar-refractivity contribution in [1.82, 2.24) is 0 Å². The summed E-state index contributed by atoms with van der Waals surface area (Å²) in [5, 5.41) is 1.35. The molecule has 0 aromatic heterocycles. The van der Waals surface area contributed by atoms with E-state index in [9.17, 15) is 0 Å². The maximum atomic E-state index is 5.48. The van der Waals surface area contributed by atoms with Crippen molar-refractivity contribution < 1.29 is 0 Å². The quantitative estimate of drug-likeness (QED) is 0.357. The minimum atomic E-state index is 0.873. The van der Waals surface area contributed by atoms with Crippen LogP contribution in [-0.2, 0) is 0 Å². The second-order valence-corrected chi connectivity index (χ2v) is 3.07. The first kappa shape index (κ1) is 5.38. The number of nitrogen functional groups attached to an aromatic ring is 1. The summed E-state index contributed by atoms with van der Waals surface area (Å²) in [6.07, 6.45) is 0. The third-order valence-electron chi connectivity index (χ3n) is 1.04. The van der Waals surface area contributed by atoms with Crippen molar-refractivity contribution in [1.29, 1.82) is 0 Å². The largest absolute Gasteiger partial charge is 0.399 e. The molecule has 0 saturated heterocycles. The Labute approximate surface area is 51.9 Å². The van der Waals surface area contributed by atoms with Crippen LogP contribution in [0.25, 0.3) is 0 Å². The molecule has 0 fully saturated rings. The molecule has 0 aliphatic carbocycles. The van der Waals surface area contributed by atoms with Gasteiger partial charge in [-0.3, -0.25) is 0 Å². The van der Waals surface area contributed by atoms with Crippen LogP contribution in [0.15, 0.2) is 24.3 Å². The molecule has 0 unspecified atom stereocenters. The Hall–Kier alpha value is -0.763. The molecule has 0 aliphatic heterocycles. The summed E-state index contributed by atoms with van der Waals surface area (Å²) in [5.74, 6) is 0. The fourth-order valence-electron chi connectivity index (χ4n) is 0.670. The lowest BCUT2D eigenvalue weighted by Gasteiger charge is -1.91. The molecule has 0 saturated carbocycles. The number of rotatable bonds is 0. The van der Waals surface area contributed by atoms with Gasteiger partial charge >= 0.3 is 0 Å². The van der Waals surface area contributed by atoms with E-state index in [-0.39, 0.29) is 0 Å². The van der Waals surface area contributed by atoms with E-state index >= 15 is 0 Å². The van der Waals surface area contributed by atoms with E-state index in [2.05, 4.69) is 6.07 Å². The van der Waals surface area contributed by atoms with Crippen molar-refractivity contribution in [3.63, 3.8) is 0 Å². The summed E-state index contributed by atoms with van der Waals surface area (Å²) in [6.45, 7) is 0. The minimum absolute atomic E-state index is 0.873. The Balaban J connectivity index is 3.08. The molecule has 1 rings (SSSR count). The maximum Gasteiger partial charge on any atom is 0.0385 e. The lowest BCUT2D eigenvalue weighted by molar-refractivity contribution is 1.73. The molecule has 1 nitrogen and oxygen atoms in total. The summed E-state index contributed by atoms with van der Waals surface area (Å²) < 4.78 is 0. The van der Waals surface area contributed by atoms with Gasteiger partial charge in [0.05, 0.1) is 0 Å². The van der Waals surface area contributed by atoms with Gasteiger partial charge in [-0.25, -0.2) is 0 Å². The summed E-state index contributed by atoms with van der Waals surface area (Å²) in [6, 6.07) is 7.98. The van der Waals surface area contributed by atoms with Crippen LogP contribution in [0.1, 0.15) is 0 Å². The minimum Gasteiger partial charge on any atom is -0.399 e. The van der Waals surface area contributed by atoms with Crippen molar-refractivity contribution in [2.45, 2.75) is 0 Å². The third kappa shape index (κ3) is 1.10. The number of hydrogen-bond acceptors (Lipinski definition) is 1. The van der Waals surface area contributed by atoms with Gasteiger partial charge in [0.1, 0.15) is 0 Å². The first-order chi connectivity index (χ1) is 3.79. The second-order valence-electron chi connectivity index (χ2n) is 1.91. The average molecular weight is 123 g/mol. The predicted molar refractivity (Wildman–Crippen MR) is 40.4 cm³/mol. The highest BCUT2D eigenvalue weighted by Crippen LogP contribution is 1.93.